The standard InChI is InChI=1S/C16H31N3O2/c1-3-9-18-15(20)12-19(10-4-2)16(21)14-7-5-13(11-17)6-8-14/h13-14H,3-12,17H2,1-2H3,(H,18,20). The molecule has 1 aliphatic rings. The minimum absolute atomic E-state index is 0.0469. The first-order chi connectivity index (χ1) is 10.1. The van der Waals surface area contributed by atoms with Crippen LogP contribution >= 0.6 is 0 Å². The van der Waals surface area contributed by atoms with E-state index in [9.17, 15) is 9.59 Å². The molecule has 0 spiro atoms. The van der Waals surface area contributed by atoms with E-state index in [4.69, 9.17) is 5.73 Å². The van der Waals surface area contributed by atoms with Crippen molar-refractivity contribution in [1.29, 1.82) is 0 Å². The number of rotatable bonds is 8. The van der Waals surface area contributed by atoms with Crippen molar-refractivity contribution in [2.75, 3.05) is 26.2 Å². The van der Waals surface area contributed by atoms with Crippen LogP contribution < -0.4 is 11.1 Å². The molecule has 21 heavy (non-hydrogen) atoms. The van der Waals surface area contributed by atoms with Gasteiger partial charge in [-0.2, -0.15) is 0 Å². The summed E-state index contributed by atoms with van der Waals surface area (Å²) >= 11 is 0. The van der Waals surface area contributed by atoms with Gasteiger partial charge in [0.05, 0.1) is 6.54 Å². The van der Waals surface area contributed by atoms with E-state index in [0.29, 0.717) is 19.0 Å². The summed E-state index contributed by atoms with van der Waals surface area (Å²) in [4.78, 5) is 26.2. The smallest absolute Gasteiger partial charge is 0.239 e. The highest BCUT2D eigenvalue weighted by molar-refractivity contribution is 5.85. The lowest BCUT2D eigenvalue weighted by molar-refractivity contribution is -0.140. The molecule has 1 rings (SSSR count). The normalized spacial score (nSPS) is 21.9. The molecule has 0 radical (unpaired) electrons. The number of nitrogens with one attached hydrogen (secondary N) is 1. The van der Waals surface area contributed by atoms with Gasteiger partial charge in [0.15, 0.2) is 0 Å². The Labute approximate surface area is 128 Å². The predicted octanol–water partition coefficient (Wildman–Crippen LogP) is 1.52. The second-order valence-electron chi connectivity index (χ2n) is 6.06. The summed E-state index contributed by atoms with van der Waals surface area (Å²) < 4.78 is 0. The van der Waals surface area contributed by atoms with Crippen molar-refractivity contribution in [3.8, 4) is 0 Å². The molecule has 0 heterocycles. The zero-order valence-corrected chi connectivity index (χ0v) is 13.6. The third-order valence-electron chi connectivity index (χ3n) is 4.24. The van der Waals surface area contributed by atoms with Crippen LogP contribution in [0.4, 0.5) is 0 Å². The fraction of sp³-hybridized carbons (Fsp3) is 0.875. The van der Waals surface area contributed by atoms with Crippen molar-refractivity contribution in [1.82, 2.24) is 10.2 Å². The fourth-order valence-electron chi connectivity index (χ4n) is 2.93. The van der Waals surface area contributed by atoms with Crippen molar-refractivity contribution < 1.29 is 9.59 Å². The topological polar surface area (TPSA) is 75.4 Å². The number of carbonyl (C=O) groups is 2. The van der Waals surface area contributed by atoms with Gasteiger partial charge in [-0.3, -0.25) is 9.59 Å². The SMILES string of the molecule is CCCNC(=O)CN(CCC)C(=O)C1CCC(CN)CC1. The quantitative estimate of drug-likeness (QED) is 0.713. The van der Waals surface area contributed by atoms with Crippen LogP contribution in [-0.2, 0) is 9.59 Å². The first-order valence-corrected chi connectivity index (χ1v) is 8.37. The van der Waals surface area contributed by atoms with Gasteiger partial charge in [-0.15, -0.1) is 0 Å². The third-order valence-corrected chi connectivity index (χ3v) is 4.24. The van der Waals surface area contributed by atoms with Crippen LogP contribution in [0, 0.1) is 11.8 Å². The van der Waals surface area contributed by atoms with Crippen LogP contribution in [0.3, 0.4) is 0 Å². The fourth-order valence-corrected chi connectivity index (χ4v) is 2.93. The molecule has 0 aliphatic heterocycles. The lowest BCUT2D eigenvalue weighted by atomic mass is 9.81. The average molecular weight is 297 g/mol. The van der Waals surface area contributed by atoms with Crippen LogP contribution in [-0.4, -0.2) is 42.9 Å². The lowest BCUT2D eigenvalue weighted by Crippen LogP contribution is -2.44. The molecule has 3 N–H and O–H groups in total. The van der Waals surface area contributed by atoms with E-state index >= 15 is 0 Å². The van der Waals surface area contributed by atoms with Crippen molar-refractivity contribution in [3.05, 3.63) is 0 Å². The zero-order chi connectivity index (χ0) is 15.7. The van der Waals surface area contributed by atoms with Gasteiger partial charge < -0.3 is 16.0 Å². The molecule has 1 fully saturated rings. The van der Waals surface area contributed by atoms with Crippen LogP contribution in [0.2, 0.25) is 0 Å². The van der Waals surface area contributed by atoms with E-state index in [0.717, 1.165) is 45.1 Å². The Hall–Kier alpha value is -1.10. The molecule has 0 bridgehead atoms. The second-order valence-corrected chi connectivity index (χ2v) is 6.06. The van der Waals surface area contributed by atoms with Gasteiger partial charge in [0.2, 0.25) is 11.8 Å². The molecule has 5 heteroatoms. The highest BCUT2D eigenvalue weighted by Crippen LogP contribution is 2.29. The van der Waals surface area contributed by atoms with Crippen LogP contribution in [0.25, 0.3) is 0 Å². The van der Waals surface area contributed by atoms with Gasteiger partial charge in [0, 0.05) is 19.0 Å². The Morgan fingerprint density at radius 3 is 2.33 bits per heavy atom. The number of nitrogens with zero attached hydrogens (tertiary/aromatic N) is 1. The van der Waals surface area contributed by atoms with E-state index in [1.54, 1.807) is 4.90 Å². The first-order valence-electron chi connectivity index (χ1n) is 8.37. The van der Waals surface area contributed by atoms with Crippen LogP contribution in [0.5, 0.6) is 0 Å². The minimum Gasteiger partial charge on any atom is -0.355 e. The van der Waals surface area contributed by atoms with Crippen LogP contribution in [0.1, 0.15) is 52.4 Å². The largest absolute Gasteiger partial charge is 0.355 e. The van der Waals surface area contributed by atoms with E-state index in [1.165, 1.54) is 0 Å². The van der Waals surface area contributed by atoms with Gasteiger partial charge in [-0.25, -0.2) is 0 Å². The molecule has 0 aromatic rings. The first kappa shape index (κ1) is 18.0. The molecule has 1 saturated carbocycles. The van der Waals surface area contributed by atoms with Crippen molar-refractivity contribution in [2.24, 2.45) is 17.6 Å². The Kier molecular flexibility index (Phi) is 8.35. The molecular weight excluding hydrogens is 266 g/mol. The maximum atomic E-state index is 12.6. The zero-order valence-electron chi connectivity index (χ0n) is 13.6. The van der Waals surface area contributed by atoms with E-state index in [1.807, 2.05) is 13.8 Å². The van der Waals surface area contributed by atoms with Gasteiger partial charge in [-0.05, 0) is 51.0 Å². The summed E-state index contributed by atoms with van der Waals surface area (Å²) in [6.45, 7) is 6.31. The molecule has 1 aliphatic carbocycles. The van der Waals surface area contributed by atoms with Gasteiger partial charge in [-0.1, -0.05) is 13.8 Å². The summed E-state index contributed by atoms with van der Waals surface area (Å²) in [5.74, 6) is 0.758. The molecule has 0 unspecified atom stereocenters. The van der Waals surface area contributed by atoms with E-state index in [2.05, 4.69) is 5.32 Å². The maximum absolute atomic E-state index is 12.6. The second kappa shape index (κ2) is 9.77. The molecular formula is C16H31N3O2. The summed E-state index contributed by atoms with van der Waals surface area (Å²) in [6.07, 6.45) is 5.69. The van der Waals surface area contributed by atoms with Crippen molar-refractivity contribution >= 4 is 11.8 Å². The van der Waals surface area contributed by atoms with Crippen molar-refractivity contribution in [3.63, 3.8) is 0 Å². The highest BCUT2D eigenvalue weighted by Gasteiger charge is 2.29. The van der Waals surface area contributed by atoms with Crippen molar-refractivity contribution in [2.45, 2.75) is 52.4 Å². The Balaban J connectivity index is 2.50. The molecule has 122 valence electrons. The molecule has 0 aromatic carbocycles. The third kappa shape index (κ3) is 6.04. The van der Waals surface area contributed by atoms with E-state index in [-0.39, 0.29) is 24.3 Å². The van der Waals surface area contributed by atoms with Gasteiger partial charge in [0.25, 0.3) is 0 Å². The predicted molar refractivity (Wildman–Crippen MR) is 84.7 cm³/mol. The molecule has 0 atom stereocenters. The summed E-state index contributed by atoms with van der Waals surface area (Å²) in [7, 11) is 0. The molecule has 0 aromatic heterocycles. The van der Waals surface area contributed by atoms with Crippen LogP contribution in [0.15, 0.2) is 0 Å². The number of nitrogens with two attached hydrogens (primary N) is 1. The Bertz CT molecular complexity index is 325. The number of hydrogen-bond donors (Lipinski definition) is 2. The minimum atomic E-state index is -0.0469. The van der Waals surface area contributed by atoms with Gasteiger partial charge >= 0.3 is 0 Å². The molecule has 2 amide bonds. The Morgan fingerprint density at radius 1 is 1.14 bits per heavy atom. The summed E-state index contributed by atoms with van der Waals surface area (Å²) in [5.41, 5.74) is 5.70. The lowest BCUT2D eigenvalue weighted by Gasteiger charge is -2.31. The highest BCUT2D eigenvalue weighted by atomic mass is 16.2. The maximum Gasteiger partial charge on any atom is 0.239 e. The summed E-state index contributed by atoms with van der Waals surface area (Å²) in [5, 5.41) is 2.85. The number of hydrogen-bond acceptors (Lipinski definition) is 3. The Morgan fingerprint density at radius 2 is 1.81 bits per heavy atom. The monoisotopic (exact) mass is 297 g/mol. The molecule has 5 nitrogen and oxygen atoms in total. The summed E-state index contributed by atoms with van der Waals surface area (Å²) in [6, 6.07) is 0. The van der Waals surface area contributed by atoms with Gasteiger partial charge in [0.1, 0.15) is 0 Å². The number of carbonyl (C=O) groups excluding carboxylic acids is 2. The average Bonchev–Trinajstić information content (AvgIpc) is 2.52. The van der Waals surface area contributed by atoms with E-state index < -0.39 is 0 Å². The number of amides is 2. The molecule has 0 saturated heterocycles.